The summed E-state index contributed by atoms with van der Waals surface area (Å²) in [5.74, 6) is 1.67. The SMILES string of the molecule is Clc1cccc(-c2cnc(C3CC4CCC3N4)[nH]2)c1. The average Bonchev–Trinajstić information content (AvgIpc) is 3.14. The van der Waals surface area contributed by atoms with E-state index in [1.807, 2.05) is 24.4 Å². The van der Waals surface area contributed by atoms with Gasteiger partial charge in [-0.05, 0) is 31.4 Å². The lowest BCUT2D eigenvalue weighted by Crippen LogP contribution is -2.22. The Morgan fingerprint density at radius 2 is 2.21 bits per heavy atom. The van der Waals surface area contributed by atoms with Gasteiger partial charge in [0.15, 0.2) is 0 Å². The molecule has 0 spiro atoms. The molecule has 98 valence electrons. The normalized spacial score (nSPS) is 29.0. The minimum atomic E-state index is 0.548. The summed E-state index contributed by atoms with van der Waals surface area (Å²) in [6.07, 6.45) is 5.74. The van der Waals surface area contributed by atoms with Gasteiger partial charge in [-0.15, -0.1) is 0 Å². The topological polar surface area (TPSA) is 40.7 Å². The van der Waals surface area contributed by atoms with Crippen LogP contribution < -0.4 is 5.32 Å². The van der Waals surface area contributed by atoms with Crippen molar-refractivity contribution >= 4 is 11.6 Å². The highest BCUT2D eigenvalue weighted by Crippen LogP contribution is 2.39. The molecular weight excluding hydrogens is 258 g/mol. The molecular formula is C15H16ClN3. The predicted octanol–water partition coefficient (Wildman–Crippen LogP) is 3.34. The third kappa shape index (κ3) is 1.97. The lowest BCUT2D eigenvalue weighted by Gasteiger charge is -2.17. The molecule has 3 heterocycles. The van der Waals surface area contributed by atoms with E-state index in [9.17, 15) is 0 Å². The zero-order chi connectivity index (χ0) is 12.8. The summed E-state index contributed by atoms with van der Waals surface area (Å²) in [4.78, 5) is 8.06. The fourth-order valence-corrected chi connectivity index (χ4v) is 3.64. The molecule has 2 bridgehead atoms. The molecule has 3 unspecified atom stereocenters. The number of hydrogen-bond acceptors (Lipinski definition) is 2. The molecule has 2 fully saturated rings. The van der Waals surface area contributed by atoms with Crippen molar-refractivity contribution in [3.63, 3.8) is 0 Å². The first kappa shape index (κ1) is 11.5. The van der Waals surface area contributed by atoms with Crippen LogP contribution in [-0.4, -0.2) is 22.1 Å². The fraction of sp³-hybridized carbons (Fsp3) is 0.400. The lowest BCUT2D eigenvalue weighted by molar-refractivity contribution is 0.490. The van der Waals surface area contributed by atoms with Crippen LogP contribution in [0.1, 0.15) is 31.0 Å². The maximum atomic E-state index is 6.04. The number of rotatable bonds is 2. The lowest BCUT2D eigenvalue weighted by atomic mass is 9.89. The number of aromatic amines is 1. The van der Waals surface area contributed by atoms with Crippen molar-refractivity contribution in [3.05, 3.63) is 41.3 Å². The summed E-state index contributed by atoms with van der Waals surface area (Å²) in [6, 6.07) is 9.21. The van der Waals surface area contributed by atoms with Crippen LogP contribution in [0.15, 0.2) is 30.5 Å². The summed E-state index contributed by atoms with van der Waals surface area (Å²) in [5.41, 5.74) is 2.16. The number of imidazole rings is 1. The Kier molecular flexibility index (Phi) is 2.64. The second kappa shape index (κ2) is 4.36. The molecule has 2 aliphatic heterocycles. The van der Waals surface area contributed by atoms with Crippen LogP contribution >= 0.6 is 11.6 Å². The first-order chi connectivity index (χ1) is 9.29. The van der Waals surface area contributed by atoms with Crippen molar-refractivity contribution in [2.75, 3.05) is 0 Å². The number of benzene rings is 1. The van der Waals surface area contributed by atoms with Crippen molar-refractivity contribution in [2.45, 2.75) is 37.3 Å². The predicted molar refractivity (Wildman–Crippen MR) is 76.3 cm³/mol. The highest BCUT2D eigenvalue weighted by molar-refractivity contribution is 6.30. The molecule has 2 aliphatic rings. The molecule has 4 heteroatoms. The Hall–Kier alpha value is -1.32. The molecule has 3 atom stereocenters. The highest BCUT2D eigenvalue weighted by atomic mass is 35.5. The Bertz CT molecular complexity index is 607. The van der Waals surface area contributed by atoms with Crippen molar-refractivity contribution in [1.29, 1.82) is 0 Å². The number of halogens is 1. The number of fused-ring (bicyclic) bond motifs is 2. The average molecular weight is 274 g/mol. The molecule has 2 saturated heterocycles. The smallest absolute Gasteiger partial charge is 0.111 e. The first-order valence-electron chi connectivity index (χ1n) is 6.86. The fourth-order valence-electron chi connectivity index (χ4n) is 3.45. The van der Waals surface area contributed by atoms with Crippen LogP contribution in [-0.2, 0) is 0 Å². The zero-order valence-electron chi connectivity index (χ0n) is 10.6. The molecule has 0 aliphatic carbocycles. The van der Waals surface area contributed by atoms with Gasteiger partial charge in [-0.3, -0.25) is 0 Å². The molecule has 1 aromatic carbocycles. The minimum Gasteiger partial charge on any atom is -0.342 e. The Morgan fingerprint density at radius 3 is 2.95 bits per heavy atom. The Balaban J connectivity index is 1.63. The number of nitrogens with zero attached hydrogens (tertiary/aromatic N) is 1. The van der Waals surface area contributed by atoms with E-state index in [1.54, 1.807) is 0 Å². The molecule has 0 amide bonds. The van der Waals surface area contributed by atoms with E-state index in [2.05, 4.69) is 21.4 Å². The summed E-state index contributed by atoms with van der Waals surface area (Å²) < 4.78 is 0. The molecule has 0 radical (unpaired) electrons. The largest absolute Gasteiger partial charge is 0.342 e. The second-order valence-electron chi connectivity index (χ2n) is 5.58. The van der Waals surface area contributed by atoms with E-state index in [0.717, 1.165) is 22.1 Å². The third-order valence-corrected chi connectivity index (χ3v) is 4.62. The molecule has 3 nitrogen and oxygen atoms in total. The quantitative estimate of drug-likeness (QED) is 0.881. The second-order valence-corrected chi connectivity index (χ2v) is 6.02. The maximum absolute atomic E-state index is 6.04. The van der Waals surface area contributed by atoms with Crippen LogP contribution in [0.25, 0.3) is 11.3 Å². The monoisotopic (exact) mass is 273 g/mol. The van der Waals surface area contributed by atoms with Gasteiger partial charge in [0, 0.05) is 28.6 Å². The molecule has 2 N–H and O–H groups in total. The number of aromatic nitrogens is 2. The van der Waals surface area contributed by atoms with Gasteiger partial charge in [-0.25, -0.2) is 4.98 Å². The first-order valence-corrected chi connectivity index (χ1v) is 7.24. The molecule has 1 aromatic heterocycles. The van der Waals surface area contributed by atoms with E-state index in [-0.39, 0.29) is 0 Å². The van der Waals surface area contributed by atoms with Gasteiger partial charge in [0.25, 0.3) is 0 Å². The van der Waals surface area contributed by atoms with Gasteiger partial charge in [-0.2, -0.15) is 0 Å². The van der Waals surface area contributed by atoms with Crippen LogP contribution in [0.3, 0.4) is 0 Å². The van der Waals surface area contributed by atoms with Crippen molar-refractivity contribution in [1.82, 2.24) is 15.3 Å². The summed E-state index contributed by atoms with van der Waals surface area (Å²) >= 11 is 6.04. The van der Waals surface area contributed by atoms with Crippen LogP contribution in [0.2, 0.25) is 5.02 Å². The highest BCUT2D eigenvalue weighted by Gasteiger charge is 2.41. The van der Waals surface area contributed by atoms with E-state index >= 15 is 0 Å². The molecule has 19 heavy (non-hydrogen) atoms. The van der Waals surface area contributed by atoms with E-state index < -0.39 is 0 Å². The summed E-state index contributed by atoms with van der Waals surface area (Å²) in [5, 5.41) is 4.41. The standard InChI is InChI=1S/C15H16ClN3/c16-10-3-1-2-9(6-10)14-8-17-15(19-14)12-7-11-4-5-13(12)18-11/h1-3,6,8,11-13,18H,4-5,7H2,(H,17,19). The summed E-state index contributed by atoms with van der Waals surface area (Å²) in [7, 11) is 0. The minimum absolute atomic E-state index is 0.548. The van der Waals surface area contributed by atoms with Crippen LogP contribution in [0.5, 0.6) is 0 Å². The number of hydrogen-bond donors (Lipinski definition) is 2. The van der Waals surface area contributed by atoms with Crippen LogP contribution in [0.4, 0.5) is 0 Å². The van der Waals surface area contributed by atoms with Gasteiger partial charge in [0.2, 0.25) is 0 Å². The Morgan fingerprint density at radius 1 is 1.26 bits per heavy atom. The van der Waals surface area contributed by atoms with Crippen molar-refractivity contribution in [3.8, 4) is 11.3 Å². The van der Waals surface area contributed by atoms with Gasteiger partial charge >= 0.3 is 0 Å². The van der Waals surface area contributed by atoms with E-state index in [4.69, 9.17) is 11.6 Å². The van der Waals surface area contributed by atoms with Gasteiger partial charge in [0.05, 0.1) is 11.9 Å². The van der Waals surface area contributed by atoms with E-state index in [1.165, 1.54) is 19.3 Å². The molecule has 2 aromatic rings. The zero-order valence-corrected chi connectivity index (χ0v) is 11.3. The van der Waals surface area contributed by atoms with Gasteiger partial charge < -0.3 is 10.3 Å². The van der Waals surface area contributed by atoms with Crippen molar-refractivity contribution < 1.29 is 0 Å². The number of H-pyrrole nitrogens is 1. The molecule has 0 saturated carbocycles. The van der Waals surface area contributed by atoms with Crippen LogP contribution in [0, 0.1) is 0 Å². The number of nitrogens with one attached hydrogen (secondary N) is 2. The van der Waals surface area contributed by atoms with Gasteiger partial charge in [-0.1, -0.05) is 23.7 Å². The van der Waals surface area contributed by atoms with E-state index in [0.29, 0.717) is 18.0 Å². The Labute approximate surface area is 117 Å². The summed E-state index contributed by atoms with van der Waals surface area (Å²) in [6.45, 7) is 0. The molecule has 4 rings (SSSR count). The maximum Gasteiger partial charge on any atom is 0.111 e. The van der Waals surface area contributed by atoms with Crippen molar-refractivity contribution in [2.24, 2.45) is 0 Å². The van der Waals surface area contributed by atoms with Gasteiger partial charge in [0.1, 0.15) is 5.82 Å². The third-order valence-electron chi connectivity index (χ3n) is 4.38.